The zero-order valence-electron chi connectivity index (χ0n) is 21.6. The van der Waals surface area contributed by atoms with E-state index in [1.165, 1.54) is 19.1 Å². The van der Waals surface area contributed by atoms with Crippen LogP contribution in [-0.2, 0) is 19.3 Å². The first-order valence-electron chi connectivity index (χ1n) is 13.1. The lowest BCUT2D eigenvalue weighted by Gasteiger charge is -2.34. The second kappa shape index (κ2) is 10.5. The van der Waals surface area contributed by atoms with Crippen LogP contribution in [0.4, 0.5) is 16.3 Å². The average Bonchev–Trinajstić information content (AvgIpc) is 3.55. The molecule has 11 heteroatoms. The molecule has 2 aromatic rings. The molecular weight excluding hydrogens is 492 g/mol. The molecule has 37 heavy (non-hydrogen) atoms. The van der Waals surface area contributed by atoms with Crippen molar-refractivity contribution in [3.8, 4) is 11.4 Å². The van der Waals surface area contributed by atoms with Gasteiger partial charge in [0.2, 0.25) is 0 Å². The summed E-state index contributed by atoms with van der Waals surface area (Å²) in [5.74, 6) is 1.19. The number of benzene rings is 1. The summed E-state index contributed by atoms with van der Waals surface area (Å²) >= 11 is 0. The largest absolute Gasteiger partial charge is 0.377 e. The molecule has 2 N–H and O–H groups in total. The minimum atomic E-state index is -3.33. The molecule has 10 nitrogen and oxygen atoms in total. The van der Waals surface area contributed by atoms with Crippen LogP contribution in [0.5, 0.6) is 0 Å². The summed E-state index contributed by atoms with van der Waals surface area (Å²) in [6.07, 6.45) is 4.88. The second-order valence-corrected chi connectivity index (χ2v) is 12.7. The molecule has 2 aliphatic heterocycles. The van der Waals surface area contributed by atoms with Gasteiger partial charge in [-0.25, -0.2) is 23.2 Å². The lowest BCUT2D eigenvalue weighted by atomic mass is 10.1. The van der Waals surface area contributed by atoms with Crippen LogP contribution < -0.4 is 15.5 Å². The van der Waals surface area contributed by atoms with Crippen molar-refractivity contribution in [2.24, 2.45) is 0 Å². The van der Waals surface area contributed by atoms with Gasteiger partial charge < -0.3 is 25.2 Å². The highest BCUT2D eigenvalue weighted by Gasteiger charge is 2.55. The minimum Gasteiger partial charge on any atom is -0.377 e. The van der Waals surface area contributed by atoms with Gasteiger partial charge in [-0.2, -0.15) is 0 Å². The first-order valence-corrected chi connectivity index (χ1v) is 15.0. The highest BCUT2D eigenvalue weighted by atomic mass is 32.2. The predicted molar refractivity (Wildman–Crippen MR) is 144 cm³/mol. The van der Waals surface area contributed by atoms with E-state index in [1.807, 2.05) is 30.3 Å². The lowest BCUT2D eigenvalue weighted by Crippen LogP contribution is -2.44. The van der Waals surface area contributed by atoms with Crippen LogP contribution in [-0.4, -0.2) is 87.6 Å². The molecule has 3 heterocycles. The molecule has 1 aliphatic carbocycles. The molecular formula is C26H36N6O4S. The number of morpholine rings is 1. The highest BCUT2D eigenvalue weighted by Crippen LogP contribution is 2.52. The van der Waals surface area contributed by atoms with Crippen LogP contribution in [0.15, 0.2) is 30.3 Å². The number of rotatable bonds is 8. The average molecular weight is 529 g/mol. The molecule has 0 spiro atoms. The van der Waals surface area contributed by atoms with Crippen LogP contribution >= 0.6 is 0 Å². The SMILES string of the molecule is C[C@H]1COCCN1c1cc(C2(S(C)(=O)=O)CC2)nc(-c2ccc(NC(=O)NCCN3CCCC3)cc2)n1. The quantitative estimate of drug-likeness (QED) is 0.537. The van der Waals surface area contributed by atoms with E-state index in [0.29, 0.717) is 62.2 Å². The van der Waals surface area contributed by atoms with Crippen LogP contribution in [0.25, 0.3) is 11.4 Å². The number of urea groups is 1. The fraction of sp³-hybridized carbons (Fsp3) is 0.577. The number of hydrogen-bond donors (Lipinski definition) is 2. The standard InChI is InChI=1S/C26H36N6O4S/c1-19-18-36-16-15-32(19)23-17-22(26(9-10-26)37(2,34)35)29-24(30-23)20-5-7-21(8-6-20)28-25(33)27-11-14-31-12-3-4-13-31/h5-8,17,19H,3-4,9-16,18H2,1-2H3,(H2,27,28,33)/t19-/m0/s1. The number of hydrogen-bond acceptors (Lipinski definition) is 8. The summed E-state index contributed by atoms with van der Waals surface area (Å²) in [5.41, 5.74) is 1.97. The smallest absolute Gasteiger partial charge is 0.319 e. The minimum absolute atomic E-state index is 0.119. The third kappa shape index (κ3) is 5.73. The summed E-state index contributed by atoms with van der Waals surface area (Å²) in [5, 5.41) is 5.78. The van der Waals surface area contributed by atoms with Crippen molar-refractivity contribution < 1.29 is 17.9 Å². The number of nitrogens with one attached hydrogen (secondary N) is 2. The first-order chi connectivity index (χ1) is 17.7. The molecule has 200 valence electrons. The van der Waals surface area contributed by atoms with Crippen molar-refractivity contribution >= 4 is 27.4 Å². The van der Waals surface area contributed by atoms with E-state index in [4.69, 9.17) is 14.7 Å². The highest BCUT2D eigenvalue weighted by molar-refractivity contribution is 7.91. The van der Waals surface area contributed by atoms with Crippen LogP contribution in [0, 0.1) is 0 Å². The third-order valence-corrected chi connectivity index (χ3v) is 9.61. The van der Waals surface area contributed by atoms with E-state index in [-0.39, 0.29) is 12.1 Å². The van der Waals surface area contributed by atoms with Crippen molar-refractivity contribution in [1.29, 1.82) is 0 Å². The number of sulfone groups is 1. The number of ether oxygens (including phenoxy) is 1. The van der Waals surface area contributed by atoms with E-state index in [1.54, 1.807) is 0 Å². The Morgan fingerprint density at radius 3 is 2.51 bits per heavy atom. The molecule has 1 saturated carbocycles. The zero-order valence-corrected chi connectivity index (χ0v) is 22.4. The van der Waals surface area contributed by atoms with Crippen LogP contribution in [0.3, 0.4) is 0 Å². The summed E-state index contributed by atoms with van der Waals surface area (Å²) < 4.78 is 30.0. The maximum absolute atomic E-state index is 12.7. The number of aromatic nitrogens is 2. The topological polar surface area (TPSA) is 117 Å². The second-order valence-electron chi connectivity index (χ2n) is 10.3. The molecule has 2 saturated heterocycles. The Kier molecular flexibility index (Phi) is 7.37. The number of carbonyl (C=O) groups excluding carboxylic acids is 1. The maximum Gasteiger partial charge on any atom is 0.319 e. The number of likely N-dealkylation sites (tertiary alicyclic amines) is 1. The molecule has 3 aliphatic rings. The van der Waals surface area contributed by atoms with Crippen LogP contribution in [0.1, 0.15) is 38.3 Å². The Morgan fingerprint density at radius 1 is 1.14 bits per heavy atom. The van der Waals surface area contributed by atoms with Gasteiger partial charge in [0.05, 0.1) is 24.9 Å². The fourth-order valence-corrected chi connectivity index (χ4v) is 6.48. The Hall–Kier alpha value is -2.76. The molecule has 5 rings (SSSR count). The van der Waals surface area contributed by atoms with Gasteiger partial charge in [-0.05, 0) is 70.0 Å². The van der Waals surface area contributed by atoms with Gasteiger partial charge in [-0.15, -0.1) is 0 Å². The van der Waals surface area contributed by atoms with E-state index in [9.17, 15) is 13.2 Å². The van der Waals surface area contributed by atoms with E-state index < -0.39 is 14.6 Å². The van der Waals surface area contributed by atoms with Crippen molar-refractivity contribution in [3.05, 3.63) is 36.0 Å². The monoisotopic (exact) mass is 528 g/mol. The van der Waals surface area contributed by atoms with E-state index >= 15 is 0 Å². The van der Waals surface area contributed by atoms with Gasteiger partial charge in [0.1, 0.15) is 10.6 Å². The molecule has 0 bridgehead atoms. The third-order valence-electron chi connectivity index (χ3n) is 7.57. The van der Waals surface area contributed by atoms with Gasteiger partial charge in [0.15, 0.2) is 15.7 Å². The van der Waals surface area contributed by atoms with Crippen molar-refractivity contribution in [2.75, 3.05) is 62.4 Å². The molecule has 1 aromatic carbocycles. The molecule has 0 radical (unpaired) electrons. The molecule has 0 unspecified atom stereocenters. The Labute approximate surface area is 218 Å². The number of carbonyl (C=O) groups is 1. The van der Waals surface area contributed by atoms with E-state index in [0.717, 1.165) is 25.2 Å². The first kappa shape index (κ1) is 25.9. The number of amides is 2. The fourth-order valence-electron chi connectivity index (χ4n) is 5.15. The summed E-state index contributed by atoms with van der Waals surface area (Å²) in [4.78, 5) is 26.4. The van der Waals surface area contributed by atoms with Gasteiger partial charge >= 0.3 is 6.03 Å². The zero-order chi connectivity index (χ0) is 26.0. The number of anilines is 2. The summed E-state index contributed by atoms with van der Waals surface area (Å²) in [6.45, 7) is 7.61. The van der Waals surface area contributed by atoms with Gasteiger partial charge in [-0.3, -0.25) is 0 Å². The van der Waals surface area contributed by atoms with Crippen molar-refractivity contribution in [3.63, 3.8) is 0 Å². The molecule has 1 aromatic heterocycles. The number of nitrogens with zero attached hydrogens (tertiary/aromatic N) is 4. The van der Waals surface area contributed by atoms with Crippen molar-refractivity contribution in [1.82, 2.24) is 20.2 Å². The summed E-state index contributed by atoms with van der Waals surface area (Å²) in [7, 11) is -3.33. The van der Waals surface area contributed by atoms with Gasteiger partial charge in [-0.1, -0.05) is 0 Å². The molecule has 3 fully saturated rings. The van der Waals surface area contributed by atoms with Gasteiger partial charge in [0, 0.05) is 43.2 Å². The Morgan fingerprint density at radius 2 is 1.86 bits per heavy atom. The molecule has 2 amide bonds. The Bertz CT molecular complexity index is 1230. The van der Waals surface area contributed by atoms with Crippen LogP contribution in [0.2, 0.25) is 0 Å². The normalized spacial score (nSPS) is 21.6. The van der Waals surface area contributed by atoms with Gasteiger partial charge in [0.25, 0.3) is 0 Å². The molecule has 1 atom stereocenters. The summed E-state index contributed by atoms with van der Waals surface area (Å²) in [6, 6.07) is 9.04. The van der Waals surface area contributed by atoms with Crippen molar-refractivity contribution in [2.45, 2.75) is 43.4 Å². The maximum atomic E-state index is 12.7. The lowest BCUT2D eigenvalue weighted by molar-refractivity contribution is 0.0985. The Balaban J connectivity index is 1.34. The predicted octanol–water partition coefficient (Wildman–Crippen LogP) is 2.62. The van der Waals surface area contributed by atoms with E-state index in [2.05, 4.69) is 27.4 Å².